The van der Waals surface area contributed by atoms with Crippen molar-refractivity contribution in [2.75, 3.05) is 13.7 Å². The van der Waals surface area contributed by atoms with Crippen LogP contribution < -0.4 is 0 Å². The molecular formula is C16H29NO4. The van der Waals surface area contributed by atoms with Crippen LogP contribution in [0.15, 0.2) is 0 Å². The lowest BCUT2D eigenvalue weighted by Gasteiger charge is -2.39. The maximum Gasteiger partial charge on any atom is 0.410 e. The third-order valence-corrected chi connectivity index (χ3v) is 3.77. The molecule has 0 saturated carbocycles. The molecule has 5 heteroatoms. The zero-order valence-electron chi connectivity index (χ0n) is 14.0. The average molecular weight is 299 g/mol. The fourth-order valence-electron chi connectivity index (χ4n) is 2.71. The number of hydrogen-bond donors (Lipinski definition) is 0. The van der Waals surface area contributed by atoms with Gasteiger partial charge in [0.1, 0.15) is 5.60 Å². The van der Waals surface area contributed by atoms with E-state index >= 15 is 0 Å². The van der Waals surface area contributed by atoms with Crippen LogP contribution in [0.25, 0.3) is 0 Å². The van der Waals surface area contributed by atoms with Gasteiger partial charge in [0, 0.05) is 12.6 Å². The van der Waals surface area contributed by atoms with Crippen molar-refractivity contribution in [2.24, 2.45) is 5.92 Å². The van der Waals surface area contributed by atoms with Crippen molar-refractivity contribution in [1.29, 1.82) is 0 Å². The number of amides is 1. The number of rotatable bonds is 4. The fourth-order valence-corrected chi connectivity index (χ4v) is 2.71. The van der Waals surface area contributed by atoms with Crippen LogP contribution in [0.3, 0.4) is 0 Å². The summed E-state index contributed by atoms with van der Waals surface area (Å²) in [6, 6.07) is 0.0673. The molecule has 0 N–H and O–H groups in total. The fraction of sp³-hybridized carbons (Fsp3) is 0.875. The molecule has 1 aliphatic rings. The maximum absolute atomic E-state index is 12.3. The Hall–Kier alpha value is -1.26. The SMILES string of the molecule is CCCCC1CC(C(=O)OC)CCN1C(=O)OC(C)(C)C. The lowest BCUT2D eigenvalue weighted by Crippen LogP contribution is -2.49. The number of carbonyl (C=O) groups is 2. The second kappa shape index (κ2) is 7.66. The first-order valence-electron chi connectivity index (χ1n) is 7.86. The number of carbonyl (C=O) groups excluding carboxylic acids is 2. The molecule has 2 atom stereocenters. The van der Waals surface area contributed by atoms with Gasteiger partial charge in [0.15, 0.2) is 0 Å². The summed E-state index contributed by atoms with van der Waals surface area (Å²) in [6.07, 6.45) is 4.07. The molecule has 1 aliphatic heterocycles. The van der Waals surface area contributed by atoms with E-state index in [9.17, 15) is 9.59 Å². The summed E-state index contributed by atoms with van der Waals surface area (Å²) in [6.45, 7) is 8.29. The lowest BCUT2D eigenvalue weighted by molar-refractivity contribution is -0.147. The zero-order chi connectivity index (χ0) is 16.0. The van der Waals surface area contributed by atoms with Gasteiger partial charge in [0.2, 0.25) is 0 Å². The lowest BCUT2D eigenvalue weighted by atomic mass is 9.88. The van der Waals surface area contributed by atoms with Gasteiger partial charge in [-0.2, -0.15) is 0 Å². The van der Waals surface area contributed by atoms with E-state index in [2.05, 4.69) is 6.92 Å². The number of methoxy groups -OCH3 is 1. The Labute approximate surface area is 128 Å². The summed E-state index contributed by atoms with van der Waals surface area (Å²) in [4.78, 5) is 25.8. The van der Waals surface area contributed by atoms with Gasteiger partial charge in [-0.3, -0.25) is 4.79 Å². The molecule has 1 heterocycles. The monoisotopic (exact) mass is 299 g/mol. The smallest absolute Gasteiger partial charge is 0.410 e. The average Bonchev–Trinajstić information content (AvgIpc) is 2.41. The highest BCUT2D eigenvalue weighted by Crippen LogP contribution is 2.28. The second-order valence-corrected chi connectivity index (χ2v) is 6.71. The molecule has 0 aromatic rings. The first-order valence-corrected chi connectivity index (χ1v) is 7.86. The quantitative estimate of drug-likeness (QED) is 0.747. The van der Waals surface area contributed by atoms with Crippen LogP contribution >= 0.6 is 0 Å². The van der Waals surface area contributed by atoms with Crippen LogP contribution in [0.2, 0.25) is 0 Å². The molecule has 0 aromatic carbocycles. The number of ether oxygens (including phenoxy) is 2. The van der Waals surface area contributed by atoms with Crippen molar-refractivity contribution in [2.45, 2.75) is 71.4 Å². The zero-order valence-corrected chi connectivity index (χ0v) is 14.0. The van der Waals surface area contributed by atoms with E-state index in [4.69, 9.17) is 9.47 Å². The third kappa shape index (κ3) is 5.56. The summed E-state index contributed by atoms with van der Waals surface area (Å²) in [5.41, 5.74) is -0.494. The minimum atomic E-state index is -0.494. The predicted octanol–water partition coefficient (Wildman–Crippen LogP) is 3.37. The van der Waals surface area contributed by atoms with Gasteiger partial charge in [0.05, 0.1) is 13.0 Å². The van der Waals surface area contributed by atoms with E-state index < -0.39 is 5.60 Å². The molecule has 2 unspecified atom stereocenters. The summed E-state index contributed by atoms with van der Waals surface area (Å²) < 4.78 is 10.3. The van der Waals surface area contributed by atoms with Gasteiger partial charge in [-0.1, -0.05) is 19.8 Å². The van der Waals surface area contributed by atoms with Crippen LogP contribution in [0.1, 0.15) is 59.8 Å². The second-order valence-electron chi connectivity index (χ2n) is 6.71. The van der Waals surface area contributed by atoms with Crippen molar-refractivity contribution in [3.05, 3.63) is 0 Å². The van der Waals surface area contributed by atoms with Crippen LogP contribution in [0.4, 0.5) is 4.79 Å². The maximum atomic E-state index is 12.3. The van der Waals surface area contributed by atoms with Crippen molar-refractivity contribution in [3.8, 4) is 0 Å². The van der Waals surface area contributed by atoms with Gasteiger partial charge >= 0.3 is 12.1 Å². The van der Waals surface area contributed by atoms with Gasteiger partial charge in [-0.25, -0.2) is 4.79 Å². The predicted molar refractivity (Wildman–Crippen MR) is 81.0 cm³/mol. The van der Waals surface area contributed by atoms with E-state index in [1.165, 1.54) is 7.11 Å². The number of nitrogens with zero attached hydrogens (tertiary/aromatic N) is 1. The number of piperidine rings is 1. The number of esters is 1. The molecule has 21 heavy (non-hydrogen) atoms. The molecular weight excluding hydrogens is 270 g/mol. The van der Waals surface area contributed by atoms with Crippen molar-refractivity contribution < 1.29 is 19.1 Å². The highest BCUT2D eigenvalue weighted by atomic mass is 16.6. The largest absolute Gasteiger partial charge is 0.469 e. The molecule has 0 spiro atoms. The molecule has 0 aromatic heterocycles. The standard InChI is InChI=1S/C16H29NO4/c1-6-7-8-13-11-12(14(18)20-5)9-10-17(13)15(19)21-16(2,3)4/h12-13H,6-11H2,1-5H3. The Bertz CT molecular complexity index is 362. The van der Waals surface area contributed by atoms with Crippen molar-refractivity contribution >= 4 is 12.1 Å². The topological polar surface area (TPSA) is 55.8 Å². The van der Waals surface area contributed by atoms with Crippen molar-refractivity contribution in [1.82, 2.24) is 4.90 Å². The highest BCUT2D eigenvalue weighted by Gasteiger charge is 2.36. The van der Waals surface area contributed by atoms with E-state index in [-0.39, 0.29) is 24.0 Å². The first kappa shape index (κ1) is 17.8. The summed E-state index contributed by atoms with van der Waals surface area (Å²) in [7, 11) is 1.42. The van der Waals surface area contributed by atoms with E-state index in [1.807, 2.05) is 20.8 Å². The number of likely N-dealkylation sites (tertiary alicyclic amines) is 1. The Morgan fingerprint density at radius 1 is 1.29 bits per heavy atom. The minimum absolute atomic E-state index is 0.0673. The summed E-state index contributed by atoms with van der Waals surface area (Å²) in [5, 5.41) is 0. The first-order chi connectivity index (χ1) is 9.78. The van der Waals surface area contributed by atoms with Crippen LogP contribution in [-0.2, 0) is 14.3 Å². The highest BCUT2D eigenvalue weighted by molar-refractivity contribution is 5.73. The minimum Gasteiger partial charge on any atom is -0.469 e. The molecule has 0 aliphatic carbocycles. The van der Waals surface area contributed by atoms with Gasteiger partial charge in [0.25, 0.3) is 0 Å². The molecule has 0 radical (unpaired) electrons. The van der Waals surface area contributed by atoms with Crippen LogP contribution in [0, 0.1) is 5.92 Å². The Kier molecular flexibility index (Phi) is 6.49. The van der Waals surface area contributed by atoms with E-state index in [0.29, 0.717) is 19.4 Å². The normalized spacial score (nSPS) is 22.8. The van der Waals surface area contributed by atoms with Crippen molar-refractivity contribution in [3.63, 3.8) is 0 Å². The Morgan fingerprint density at radius 2 is 1.95 bits per heavy atom. The molecule has 1 amide bonds. The molecule has 5 nitrogen and oxygen atoms in total. The van der Waals surface area contributed by atoms with Crippen LogP contribution in [-0.4, -0.2) is 42.3 Å². The molecule has 1 rings (SSSR count). The Morgan fingerprint density at radius 3 is 2.48 bits per heavy atom. The van der Waals surface area contributed by atoms with E-state index in [0.717, 1.165) is 19.3 Å². The van der Waals surface area contributed by atoms with Crippen LogP contribution in [0.5, 0.6) is 0 Å². The van der Waals surface area contributed by atoms with Gasteiger partial charge in [-0.15, -0.1) is 0 Å². The molecule has 1 fully saturated rings. The summed E-state index contributed by atoms with van der Waals surface area (Å²) >= 11 is 0. The number of unbranched alkanes of at least 4 members (excludes halogenated alkanes) is 1. The molecule has 122 valence electrons. The summed E-state index contributed by atoms with van der Waals surface area (Å²) in [5.74, 6) is -0.268. The third-order valence-electron chi connectivity index (χ3n) is 3.77. The Balaban J connectivity index is 2.73. The number of hydrogen-bond acceptors (Lipinski definition) is 4. The van der Waals surface area contributed by atoms with Gasteiger partial charge < -0.3 is 14.4 Å². The molecule has 1 saturated heterocycles. The van der Waals surface area contributed by atoms with Gasteiger partial charge in [-0.05, 0) is 40.0 Å². The van der Waals surface area contributed by atoms with E-state index in [1.54, 1.807) is 4.90 Å². The molecule has 0 bridgehead atoms.